The fourth-order valence-electron chi connectivity index (χ4n) is 3.12. The minimum absolute atomic E-state index is 0.201. The first-order valence-corrected chi connectivity index (χ1v) is 10.2. The van der Waals surface area contributed by atoms with E-state index in [1.54, 1.807) is 43.0 Å². The Labute approximate surface area is 186 Å². The Balaban J connectivity index is 1.65. The molecule has 0 aliphatic heterocycles. The van der Waals surface area contributed by atoms with Crippen molar-refractivity contribution in [2.75, 3.05) is 0 Å². The Bertz CT molecular complexity index is 1210. The summed E-state index contributed by atoms with van der Waals surface area (Å²) in [6, 6.07) is 14.8. The summed E-state index contributed by atoms with van der Waals surface area (Å²) in [5.74, 6) is 0.219. The van der Waals surface area contributed by atoms with Crippen molar-refractivity contribution in [1.82, 2.24) is 25.3 Å². The summed E-state index contributed by atoms with van der Waals surface area (Å²) in [5.41, 5.74) is 4.85. The quantitative estimate of drug-likeness (QED) is 0.476. The van der Waals surface area contributed by atoms with Crippen molar-refractivity contribution < 1.29 is 9.53 Å². The fourth-order valence-corrected chi connectivity index (χ4v) is 3.12. The molecule has 160 valence electrons. The lowest BCUT2D eigenvalue weighted by molar-refractivity contribution is 0.0939. The molecule has 3 aromatic heterocycles. The van der Waals surface area contributed by atoms with Crippen molar-refractivity contribution in [3.8, 4) is 23.0 Å². The van der Waals surface area contributed by atoms with Gasteiger partial charge in [-0.15, -0.1) is 0 Å². The molecular formula is C25H23N5O2. The van der Waals surface area contributed by atoms with E-state index >= 15 is 0 Å². The van der Waals surface area contributed by atoms with Gasteiger partial charge in [-0.1, -0.05) is 12.1 Å². The van der Waals surface area contributed by atoms with Gasteiger partial charge < -0.3 is 10.1 Å². The standard InChI is InChI=1S/C25H23N5O2/c1-16-5-8-23(29-14-16)20-11-21(13-22(12-20)32-25-26-9-4-10-27-25)24(31)30-18(3)19-7-6-17(2)28-15-19/h4-15,18H,1-3H3,(H,30,31)/t18-/m1/s1. The van der Waals surface area contributed by atoms with E-state index in [1.165, 1.54) is 0 Å². The molecule has 0 saturated heterocycles. The SMILES string of the molecule is Cc1ccc(-c2cc(Oc3ncccn3)cc(C(=O)N[C@H](C)c3ccc(C)nc3)c2)nc1. The minimum Gasteiger partial charge on any atom is -0.424 e. The fraction of sp³-hybridized carbons (Fsp3) is 0.160. The Morgan fingerprint density at radius 2 is 1.75 bits per heavy atom. The third-order valence-corrected chi connectivity index (χ3v) is 4.91. The number of carbonyl (C=O) groups is 1. The molecule has 0 saturated carbocycles. The lowest BCUT2D eigenvalue weighted by Crippen LogP contribution is -2.26. The Morgan fingerprint density at radius 1 is 0.938 bits per heavy atom. The number of aryl methyl sites for hydroxylation is 2. The van der Waals surface area contributed by atoms with E-state index in [4.69, 9.17) is 4.74 Å². The van der Waals surface area contributed by atoms with Gasteiger partial charge in [0, 0.05) is 41.6 Å². The van der Waals surface area contributed by atoms with Gasteiger partial charge in [0.1, 0.15) is 5.75 Å². The van der Waals surface area contributed by atoms with Crippen molar-refractivity contribution in [3.63, 3.8) is 0 Å². The van der Waals surface area contributed by atoms with Gasteiger partial charge in [0.15, 0.2) is 0 Å². The van der Waals surface area contributed by atoms with Crippen LogP contribution in [-0.2, 0) is 0 Å². The van der Waals surface area contributed by atoms with Gasteiger partial charge in [0.05, 0.1) is 11.7 Å². The highest BCUT2D eigenvalue weighted by molar-refractivity contribution is 5.96. The van der Waals surface area contributed by atoms with E-state index in [-0.39, 0.29) is 18.0 Å². The Hall–Kier alpha value is -4.13. The molecule has 4 rings (SSSR count). The molecule has 0 spiro atoms. The number of ether oxygens (including phenoxy) is 1. The molecule has 0 aliphatic carbocycles. The number of carbonyl (C=O) groups excluding carboxylic acids is 1. The zero-order chi connectivity index (χ0) is 22.5. The Morgan fingerprint density at radius 3 is 2.44 bits per heavy atom. The topological polar surface area (TPSA) is 89.9 Å². The molecule has 0 radical (unpaired) electrons. The zero-order valence-electron chi connectivity index (χ0n) is 18.1. The first-order valence-electron chi connectivity index (χ1n) is 10.2. The highest BCUT2D eigenvalue weighted by Crippen LogP contribution is 2.28. The van der Waals surface area contributed by atoms with Crippen LogP contribution in [0.25, 0.3) is 11.3 Å². The summed E-state index contributed by atoms with van der Waals surface area (Å²) in [6.45, 7) is 5.82. The van der Waals surface area contributed by atoms with Gasteiger partial charge in [0.25, 0.3) is 5.91 Å². The molecule has 0 fully saturated rings. The zero-order valence-corrected chi connectivity index (χ0v) is 18.1. The average Bonchev–Trinajstić information content (AvgIpc) is 2.80. The monoisotopic (exact) mass is 425 g/mol. The first kappa shape index (κ1) is 21.1. The van der Waals surface area contributed by atoms with Crippen LogP contribution in [0.5, 0.6) is 11.8 Å². The number of hydrogen-bond acceptors (Lipinski definition) is 6. The molecule has 7 nitrogen and oxygen atoms in total. The number of nitrogens with one attached hydrogen (secondary N) is 1. The van der Waals surface area contributed by atoms with E-state index in [9.17, 15) is 4.79 Å². The first-order chi connectivity index (χ1) is 15.5. The number of amides is 1. The summed E-state index contributed by atoms with van der Waals surface area (Å²) < 4.78 is 5.82. The molecule has 1 aromatic carbocycles. The molecule has 1 atom stereocenters. The van der Waals surface area contributed by atoms with Gasteiger partial charge in [-0.25, -0.2) is 9.97 Å². The largest absolute Gasteiger partial charge is 0.424 e. The molecule has 1 amide bonds. The van der Waals surface area contributed by atoms with Gasteiger partial charge in [0.2, 0.25) is 0 Å². The predicted molar refractivity (Wildman–Crippen MR) is 121 cm³/mol. The van der Waals surface area contributed by atoms with Crippen molar-refractivity contribution in [3.05, 3.63) is 95.7 Å². The van der Waals surface area contributed by atoms with Crippen LogP contribution in [0.3, 0.4) is 0 Å². The number of benzene rings is 1. The van der Waals surface area contributed by atoms with Crippen LogP contribution in [0.4, 0.5) is 0 Å². The number of aromatic nitrogens is 4. The third-order valence-electron chi connectivity index (χ3n) is 4.91. The molecule has 0 unspecified atom stereocenters. The molecular weight excluding hydrogens is 402 g/mol. The predicted octanol–water partition coefficient (Wildman–Crippen LogP) is 4.83. The van der Waals surface area contributed by atoms with Crippen molar-refractivity contribution in [2.24, 2.45) is 0 Å². The smallest absolute Gasteiger partial charge is 0.321 e. The normalized spacial score (nSPS) is 11.6. The number of rotatable bonds is 6. The van der Waals surface area contributed by atoms with Crippen LogP contribution in [0, 0.1) is 13.8 Å². The molecule has 3 heterocycles. The summed E-state index contributed by atoms with van der Waals surface area (Å²) >= 11 is 0. The third kappa shape index (κ3) is 5.13. The second-order valence-corrected chi connectivity index (χ2v) is 7.53. The van der Waals surface area contributed by atoms with E-state index in [0.717, 1.165) is 28.1 Å². The van der Waals surface area contributed by atoms with Crippen LogP contribution in [0.1, 0.15) is 40.1 Å². The average molecular weight is 425 g/mol. The maximum absolute atomic E-state index is 13.1. The molecule has 1 N–H and O–H groups in total. The molecule has 0 bridgehead atoms. The van der Waals surface area contributed by atoms with E-state index in [2.05, 4.69) is 25.3 Å². The molecule has 4 aromatic rings. The lowest BCUT2D eigenvalue weighted by atomic mass is 10.0. The Kier molecular flexibility index (Phi) is 6.17. The van der Waals surface area contributed by atoms with Gasteiger partial charge in [-0.05, 0) is 68.3 Å². The van der Waals surface area contributed by atoms with Crippen LogP contribution in [0.2, 0.25) is 0 Å². The van der Waals surface area contributed by atoms with Gasteiger partial charge in [-0.3, -0.25) is 14.8 Å². The summed E-state index contributed by atoms with van der Waals surface area (Å²) in [4.78, 5) is 30.1. The van der Waals surface area contributed by atoms with Crippen LogP contribution < -0.4 is 10.1 Å². The van der Waals surface area contributed by atoms with E-state index in [0.29, 0.717) is 11.3 Å². The maximum atomic E-state index is 13.1. The molecule has 7 heteroatoms. The van der Waals surface area contributed by atoms with Gasteiger partial charge in [-0.2, -0.15) is 0 Å². The summed E-state index contributed by atoms with van der Waals surface area (Å²) in [6.07, 6.45) is 6.75. The number of nitrogens with zero attached hydrogens (tertiary/aromatic N) is 4. The highest BCUT2D eigenvalue weighted by Gasteiger charge is 2.15. The van der Waals surface area contributed by atoms with Crippen LogP contribution in [-0.4, -0.2) is 25.8 Å². The maximum Gasteiger partial charge on any atom is 0.321 e. The van der Waals surface area contributed by atoms with E-state index in [1.807, 2.05) is 51.1 Å². The second kappa shape index (κ2) is 9.34. The lowest BCUT2D eigenvalue weighted by Gasteiger charge is -2.15. The summed E-state index contributed by atoms with van der Waals surface area (Å²) in [5, 5.41) is 3.02. The van der Waals surface area contributed by atoms with Gasteiger partial charge >= 0.3 is 6.01 Å². The number of hydrogen-bond donors (Lipinski definition) is 1. The van der Waals surface area contributed by atoms with Crippen LogP contribution >= 0.6 is 0 Å². The molecule has 0 aliphatic rings. The summed E-state index contributed by atoms with van der Waals surface area (Å²) in [7, 11) is 0. The number of pyridine rings is 2. The van der Waals surface area contributed by atoms with Crippen LogP contribution in [0.15, 0.2) is 73.3 Å². The minimum atomic E-state index is -0.231. The second-order valence-electron chi connectivity index (χ2n) is 7.53. The molecule has 32 heavy (non-hydrogen) atoms. The highest BCUT2D eigenvalue weighted by atomic mass is 16.5. The van der Waals surface area contributed by atoms with Crippen molar-refractivity contribution >= 4 is 5.91 Å². The van der Waals surface area contributed by atoms with Crippen molar-refractivity contribution in [2.45, 2.75) is 26.8 Å². The van der Waals surface area contributed by atoms with E-state index < -0.39 is 0 Å². The van der Waals surface area contributed by atoms with Crippen molar-refractivity contribution in [1.29, 1.82) is 0 Å².